The number of rotatable bonds is 9. The van der Waals surface area contributed by atoms with Gasteiger partial charge in [-0.3, -0.25) is 0 Å². The van der Waals surface area contributed by atoms with Gasteiger partial charge in [-0.15, -0.1) is 0 Å². The highest BCUT2D eigenvalue weighted by atomic mass is 35.5. The van der Waals surface area contributed by atoms with Gasteiger partial charge >= 0.3 is 0 Å². The summed E-state index contributed by atoms with van der Waals surface area (Å²) < 4.78 is 17.5. The van der Waals surface area contributed by atoms with E-state index in [-0.39, 0.29) is 13.2 Å². The van der Waals surface area contributed by atoms with Crippen LogP contribution in [0.25, 0.3) is 0 Å². The minimum atomic E-state index is -0.137. The Balaban J connectivity index is 1.71. The van der Waals surface area contributed by atoms with Gasteiger partial charge in [-0.2, -0.15) is 0 Å². The Kier molecular flexibility index (Phi) is 7.64. The van der Waals surface area contributed by atoms with Crippen LogP contribution in [0.2, 0.25) is 10.0 Å². The normalized spacial score (nSPS) is 10.6. The van der Waals surface area contributed by atoms with Crippen LogP contribution in [0.3, 0.4) is 0 Å². The van der Waals surface area contributed by atoms with Crippen molar-refractivity contribution in [1.29, 1.82) is 0 Å². The number of benzene rings is 3. The molecule has 3 aromatic rings. The smallest absolute Gasteiger partial charge is 0.161 e. The number of aliphatic hydroxyl groups is 1. The highest BCUT2D eigenvalue weighted by Gasteiger charge is 2.12. The molecule has 0 bridgehead atoms. The van der Waals surface area contributed by atoms with E-state index in [1.807, 2.05) is 55.5 Å². The molecule has 3 rings (SSSR count). The molecule has 0 aromatic heterocycles. The highest BCUT2D eigenvalue weighted by Crippen LogP contribution is 2.35. The van der Waals surface area contributed by atoms with E-state index in [0.717, 1.165) is 11.1 Å². The molecule has 0 saturated heterocycles. The summed E-state index contributed by atoms with van der Waals surface area (Å²) >= 11 is 12.4. The molecule has 3 aromatic carbocycles. The third kappa shape index (κ3) is 5.80. The van der Waals surface area contributed by atoms with E-state index in [2.05, 4.69) is 0 Å². The van der Waals surface area contributed by atoms with Crippen molar-refractivity contribution in [2.45, 2.75) is 26.7 Å². The molecule has 0 fully saturated rings. The minimum Gasteiger partial charge on any atom is -0.490 e. The molecule has 0 spiro atoms. The van der Waals surface area contributed by atoms with Gasteiger partial charge in [0.25, 0.3) is 0 Å². The lowest BCUT2D eigenvalue weighted by Gasteiger charge is -2.15. The molecular weight excluding hydrogens is 411 g/mol. The number of hydrogen-bond acceptors (Lipinski definition) is 4. The van der Waals surface area contributed by atoms with Crippen molar-refractivity contribution in [3.8, 4) is 17.2 Å². The minimum absolute atomic E-state index is 0.137. The summed E-state index contributed by atoms with van der Waals surface area (Å²) in [6.07, 6.45) is 0. The summed E-state index contributed by atoms with van der Waals surface area (Å²) in [7, 11) is 0. The summed E-state index contributed by atoms with van der Waals surface area (Å²) in [5.74, 6) is 1.70. The molecule has 0 amide bonds. The molecule has 152 valence electrons. The van der Waals surface area contributed by atoms with Gasteiger partial charge in [-0.25, -0.2) is 0 Å². The Morgan fingerprint density at radius 2 is 1.41 bits per heavy atom. The molecule has 0 heterocycles. The Bertz CT molecular complexity index is 922. The fourth-order valence-electron chi connectivity index (χ4n) is 2.76. The van der Waals surface area contributed by atoms with Gasteiger partial charge in [-0.05, 0) is 47.9 Å². The first-order valence-electron chi connectivity index (χ1n) is 9.24. The topological polar surface area (TPSA) is 47.9 Å². The van der Waals surface area contributed by atoms with Crippen molar-refractivity contribution in [2.24, 2.45) is 0 Å². The Morgan fingerprint density at radius 3 is 2.07 bits per heavy atom. The monoisotopic (exact) mass is 432 g/mol. The second kappa shape index (κ2) is 10.4. The van der Waals surface area contributed by atoms with Crippen LogP contribution in [0, 0.1) is 0 Å². The second-order valence-electron chi connectivity index (χ2n) is 6.32. The number of ether oxygens (including phenoxy) is 3. The van der Waals surface area contributed by atoms with Gasteiger partial charge in [0.2, 0.25) is 0 Å². The molecule has 4 nitrogen and oxygen atoms in total. The zero-order chi connectivity index (χ0) is 20.6. The zero-order valence-corrected chi connectivity index (χ0v) is 17.5. The van der Waals surface area contributed by atoms with Gasteiger partial charge in [0.1, 0.15) is 13.2 Å². The maximum Gasteiger partial charge on any atom is 0.161 e. The first kappa shape index (κ1) is 21.3. The van der Waals surface area contributed by atoms with Crippen molar-refractivity contribution in [1.82, 2.24) is 0 Å². The van der Waals surface area contributed by atoms with Crippen molar-refractivity contribution in [2.75, 3.05) is 6.61 Å². The van der Waals surface area contributed by atoms with Crippen LogP contribution in [0.5, 0.6) is 17.2 Å². The van der Waals surface area contributed by atoms with Crippen LogP contribution in [-0.4, -0.2) is 11.7 Å². The van der Waals surface area contributed by atoms with Crippen LogP contribution >= 0.6 is 23.2 Å². The molecular formula is C23H22Cl2O4. The first-order valence-corrected chi connectivity index (χ1v) is 10.00. The Hall–Kier alpha value is -2.40. The standard InChI is InChI=1S/C23H22Cl2O4/c1-2-27-22-12-17(8-9-21(22)28-14-16-6-4-3-5-7-16)15-29-23-19(24)10-18(13-26)11-20(23)25/h3-12,26H,2,13-15H2,1H3. The predicted molar refractivity (Wildman–Crippen MR) is 115 cm³/mol. The quantitative estimate of drug-likeness (QED) is 0.447. The van der Waals surface area contributed by atoms with E-state index in [1.165, 1.54) is 0 Å². The van der Waals surface area contributed by atoms with Crippen molar-refractivity contribution in [3.63, 3.8) is 0 Å². The average Bonchev–Trinajstić information content (AvgIpc) is 2.73. The van der Waals surface area contributed by atoms with E-state index < -0.39 is 0 Å². The summed E-state index contributed by atoms with van der Waals surface area (Å²) in [4.78, 5) is 0. The molecule has 0 unspecified atom stereocenters. The van der Waals surface area contributed by atoms with Crippen molar-refractivity contribution >= 4 is 23.2 Å². The fraction of sp³-hybridized carbons (Fsp3) is 0.217. The molecule has 0 saturated carbocycles. The molecule has 29 heavy (non-hydrogen) atoms. The number of hydrogen-bond donors (Lipinski definition) is 1. The zero-order valence-electron chi connectivity index (χ0n) is 16.0. The maximum atomic E-state index is 9.22. The molecule has 0 aliphatic heterocycles. The maximum absolute atomic E-state index is 9.22. The van der Waals surface area contributed by atoms with Crippen LogP contribution in [0.4, 0.5) is 0 Å². The average molecular weight is 433 g/mol. The molecule has 0 atom stereocenters. The molecule has 1 N–H and O–H groups in total. The number of aliphatic hydroxyl groups excluding tert-OH is 1. The third-order valence-electron chi connectivity index (χ3n) is 4.17. The fourth-order valence-corrected chi connectivity index (χ4v) is 3.40. The summed E-state index contributed by atoms with van der Waals surface area (Å²) in [5.41, 5.74) is 2.60. The van der Waals surface area contributed by atoms with Crippen LogP contribution in [-0.2, 0) is 19.8 Å². The van der Waals surface area contributed by atoms with Gasteiger partial charge in [-0.1, -0.05) is 59.6 Å². The molecule has 0 aliphatic carbocycles. The summed E-state index contributed by atoms with van der Waals surface area (Å²) in [6, 6.07) is 18.9. The molecule has 0 aliphatic rings. The Labute approximate surface area is 180 Å². The lowest BCUT2D eigenvalue weighted by molar-refractivity contribution is 0.267. The van der Waals surface area contributed by atoms with E-state index in [4.69, 9.17) is 37.4 Å². The number of halogens is 2. The summed E-state index contributed by atoms with van der Waals surface area (Å²) in [5, 5.41) is 9.94. The van der Waals surface area contributed by atoms with Crippen molar-refractivity contribution < 1.29 is 19.3 Å². The van der Waals surface area contributed by atoms with Gasteiger partial charge in [0.15, 0.2) is 17.2 Å². The van der Waals surface area contributed by atoms with E-state index >= 15 is 0 Å². The summed E-state index contributed by atoms with van der Waals surface area (Å²) in [6.45, 7) is 3.02. The van der Waals surface area contributed by atoms with Gasteiger partial charge in [0.05, 0.1) is 23.3 Å². The molecule has 0 radical (unpaired) electrons. The van der Waals surface area contributed by atoms with Crippen molar-refractivity contribution in [3.05, 3.63) is 87.4 Å². The SMILES string of the molecule is CCOc1cc(COc2c(Cl)cc(CO)cc2Cl)ccc1OCc1ccccc1. The van der Waals surface area contributed by atoms with E-state index in [0.29, 0.717) is 46.1 Å². The lowest BCUT2D eigenvalue weighted by Crippen LogP contribution is -2.02. The predicted octanol–water partition coefficient (Wildman–Crippen LogP) is 6.04. The largest absolute Gasteiger partial charge is 0.490 e. The Morgan fingerprint density at radius 1 is 0.724 bits per heavy atom. The molecule has 6 heteroatoms. The highest BCUT2D eigenvalue weighted by molar-refractivity contribution is 6.37. The second-order valence-corrected chi connectivity index (χ2v) is 7.14. The van der Waals surface area contributed by atoms with E-state index in [9.17, 15) is 5.11 Å². The third-order valence-corrected chi connectivity index (χ3v) is 4.73. The van der Waals surface area contributed by atoms with Gasteiger partial charge < -0.3 is 19.3 Å². The van der Waals surface area contributed by atoms with Crippen LogP contribution in [0.15, 0.2) is 60.7 Å². The van der Waals surface area contributed by atoms with E-state index in [1.54, 1.807) is 12.1 Å². The van der Waals surface area contributed by atoms with Crippen LogP contribution in [0.1, 0.15) is 23.6 Å². The lowest BCUT2D eigenvalue weighted by atomic mass is 10.2. The van der Waals surface area contributed by atoms with Crippen LogP contribution < -0.4 is 14.2 Å². The van der Waals surface area contributed by atoms with Gasteiger partial charge in [0, 0.05) is 0 Å². The first-order chi connectivity index (χ1) is 14.1.